The van der Waals surface area contributed by atoms with E-state index < -0.39 is 11.6 Å². The van der Waals surface area contributed by atoms with E-state index in [4.69, 9.17) is 4.74 Å². The minimum absolute atomic E-state index is 0.00193. The second-order valence-corrected chi connectivity index (χ2v) is 8.11. The molecule has 1 N–H and O–H groups in total. The summed E-state index contributed by atoms with van der Waals surface area (Å²) in [7, 11) is 5.34. The molecular weight excluding hydrogens is 392 g/mol. The zero-order valence-corrected chi connectivity index (χ0v) is 17.0. The third-order valence-corrected chi connectivity index (χ3v) is 5.32. The summed E-state index contributed by atoms with van der Waals surface area (Å²) in [5.74, 6) is -1.40. The van der Waals surface area contributed by atoms with Crippen molar-refractivity contribution in [3.8, 4) is 28.0 Å². The Bertz CT molecular complexity index is 1190. The predicted octanol–water partition coefficient (Wildman–Crippen LogP) is 5.75. The highest BCUT2D eigenvalue weighted by molar-refractivity contribution is 7.97. The number of H-pyrrole nitrogens is 1. The van der Waals surface area contributed by atoms with Gasteiger partial charge in [-0.15, -0.1) is 0 Å². The van der Waals surface area contributed by atoms with E-state index in [1.807, 2.05) is 42.7 Å². The topological polar surface area (TPSA) is 41.1 Å². The van der Waals surface area contributed by atoms with Crippen LogP contribution in [0.5, 0.6) is 5.75 Å². The fraction of sp³-hybridized carbons (Fsp3) is 0.136. The van der Waals surface area contributed by atoms with Crippen molar-refractivity contribution >= 4 is 23.0 Å². The molecule has 0 aliphatic heterocycles. The Kier molecular flexibility index (Phi) is 5.25. The SMILES string of the molecule is COc1c(F)cc(F)cc1-c1c[nH]c2ncc(-c3cccc(SN(C)C)c3)cc12. The number of hydrogen-bond donors (Lipinski definition) is 1. The van der Waals surface area contributed by atoms with Crippen LogP contribution in [-0.2, 0) is 0 Å². The third kappa shape index (κ3) is 3.83. The van der Waals surface area contributed by atoms with E-state index in [1.54, 1.807) is 24.3 Å². The molecule has 0 atom stereocenters. The van der Waals surface area contributed by atoms with E-state index in [1.165, 1.54) is 13.2 Å². The van der Waals surface area contributed by atoms with Gasteiger partial charge in [0.15, 0.2) is 11.6 Å². The predicted molar refractivity (Wildman–Crippen MR) is 113 cm³/mol. The lowest BCUT2D eigenvalue weighted by Gasteiger charge is -2.11. The maximum atomic E-state index is 14.2. The highest BCUT2D eigenvalue weighted by Crippen LogP contribution is 2.38. The number of pyridine rings is 1. The van der Waals surface area contributed by atoms with Crippen molar-refractivity contribution in [1.29, 1.82) is 0 Å². The van der Waals surface area contributed by atoms with Gasteiger partial charge >= 0.3 is 0 Å². The van der Waals surface area contributed by atoms with Crippen LogP contribution in [0, 0.1) is 11.6 Å². The molecule has 2 aromatic carbocycles. The number of aromatic amines is 1. The van der Waals surface area contributed by atoms with Crippen LogP contribution in [0.3, 0.4) is 0 Å². The maximum Gasteiger partial charge on any atom is 0.168 e. The van der Waals surface area contributed by atoms with E-state index >= 15 is 0 Å². The second-order valence-electron chi connectivity index (χ2n) is 6.72. The zero-order chi connectivity index (χ0) is 20.5. The summed E-state index contributed by atoms with van der Waals surface area (Å²) >= 11 is 1.63. The Morgan fingerprint density at radius 1 is 1.03 bits per heavy atom. The highest BCUT2D eigenvalue weighted by Gasteiger charge is 2.17. The minimum atomic E-state index is -0.741. The molecule has 0 spiro atoms. The number of rotatable bonds is 5. The number of nitrogens with one attached hydrogen (secondary N) is 1. The fourth-order valence-electron chi connectivity index (χ4n) is 3.30. The van der Waals surface area contributed by atoms with Gasteiger partial charge in [-0.1, -0.05) is 12.1 Å². The largest absolute Gasteiger partial charge is 0.493 e. The quantitative estimate of drug-likeness (QED) is 0.425. The summed E-state index contributed by atoms with van der Waals surface area (Å²) < 4.78 is 35.3. The standard InChI is InChI=1S/C22H19F2N3OS/c1-27(2)29-16-6-4-5-13(7-16)14-8-18-19(12-26-22(18)25-11-14)17-9-15(23)10-20(24)21(17)28-3/h4-12H,1-3H3,(H,25,26). The molecule has 2 heterocycles. The highest BCUT2D eigenvalue weighted by atomic mass is 32.2. The number of fused-ring (bicyclic) bond motifs is 1. The number of ether oxygens (including phenoxy) is 1. The van der Waals surface area contributed by atoms with Crippen molar-refractivity contribution in [2.45, 2.75) is 4.90 Å². The van der Waals surface area contributed by atoms with Crippen molar-refractivity contribution < 1.29 is 13.5 Å². The number of methoxy groups -OCH3 is 1. The molecule has 0 fully saturated rings. The van der Waals surface area contributed by atoms with Crippen molar-refractivity contribution in [3.63, 3.8) is 0 Å². The van der Waals surface area contributed by atoms with Crippen LogP contribution >= 0.6 is 11.9 Å². The molecule has 0 amide bonds. The van der Waals surface area contributed by atoms with Gasteiger partial charge in [-0.3, -0.25) is 4.31 Å². The van der Waals surface area contributed by atoms with Gasteiger partial charge in [-0.25, -0.2) is 13.8 Å². The maximum absolute atomic E-state index is 14.2. The number of halogens is 2. The first-order valence-corrected chi connectivity index (χ1v) is 9.70. The normalized spacial score (nSPS) is 11.4. The van der Waals surface area contributed by atoms with Crippen LogP contribution in [0.25, 0.3) is 33.3 Å². The van der Waals surface area contributed by atoms with Gasteiger partial charge in [0.2, 0.25) is 0 Å². The lowest BCUT2D eigenvalue weighted by molar-refractivity contribution is 0.386. The summed E-state index contributed by atoms with van der Waals surface area (Å²) in [6.45, 7) is 0. The lowest BCUT2D eigenvalue weighted by Crippen LogP contribution is -1.98. The van der Waals surface area contributed by atoms with E-state index in [2.05, 4.69) is 16.0 Å². The van der Waals surface area contributed by atoms with Gasteiger partial charge in [0.1, 0.15) is 11.5 Å². The molecule has 0 saturated carbocycles. The van der Waals surface area contributed by atoms with Gasteiger partial charge in [0.25, 0.3) is 0 Å². The average molecular weight is 411 g/mol. The molecule has 2 aromatic heterocycles. The summed E-state index contributed by atoms with van der Waals surface area (Å²) in [6.07, 6.45) is 3.47. The van der Waals surface area contributed by atoms with Crippen LogP contribution in [0.1, 0.15) is 0 Å². The summed E-state index contributed by atoms with van der Waals surface area (Å²) in [5, 5.41) is 0.761. The monoisotopic (exact) mass is 411 g/mol. The zero-order valence-electron chi connectivity index (χ0n) is 16.2. The van der Waals surface area contributed by atoms with Gasteiger partial charge in [-0.05, 0) is 55.9 Å². The fourth-order valence-corrected chi connectivity index (χ4v) is 4.04. The Morgan fingerprint density at radius 3 is 2.62 bits per heavy atom. The van der Waals surface area contributed by atoms with E-state index in [0.29, 0.717) is 16.8 Å². The van der Waals surface area contributed by atoms with Crippen LogP contribution in [0.2, 0.25) is 0 Å². The van der Waals surface area contributed by atoms with Gasteiger partial charge in [-0.2, -0.15) is 0 Å². The molecule has 7 heteroatoms. The Labute approximate surface area is 171 Å². The average Bonchev–Trinajstić information content (AvgIpc) is 3.10. The summed E-state index contributed by atoms with van der Waals surface area (Å²) in [5.41, 5.74) is 3.52. The molecule has 4 nitrogen and oxygen atoms in total. The van der Waals surface area contributed by atoms with Crippen LogP contribution in [0.4, 0.5) is 8.78 Å². The first kappa shape index (κ1) is 19.4. The molecule has 0 radical (unpaired) electrons. The number of aromatic nitrogens is 2. The van der Waals surface area contributed by atoms with Gasteiger partial charge < -0.3 is 9.72 Å². The van der Waals surface area contributed by atoms with Crippen LogP contribution in [0.15, 0.2) is 59.8 Å². The Balaban J connectivity index is 1.85. The van der Waals surface area contributed by atoms with E-state index in [-0.39, 0.29) is 5.75 Å². The van der Waals surface area contributed by atoms with Crippen LogP contribution in [-0.4, -0.2) is 35.5 Å². The first-order chi connectivity index (χ1) is 14.0. The Hall–Kier alpha value is -2.90. The molecular formula is C22H19F2N3OS. The molecule has 4 rings (SSSR count). The van der Waals surface area contributed by atoms with Crippen molar-refractivity contribution in [2.75, 3.05) is 21.2 Å². The molecule has 0 saturated heterocycles. The van der Waals surface area contributed by atoms with Crippen molar-refractivity contribution in [1.82, 2.24) is 14.3 Å². The summed E-state index contributed by atoms with van der Waals surface area (Å²) in [6, 6.07) is 12.2. The second kappa shape index (κ2) is 7.85. The summed E-state index contributed by atoms with van der Waals surface area (Å²) in [4.78, 5) is 8.67. The molecule has 4 aromatic rings. The van der Waals surface area contributed by atoms with Gasteiger partial charge in [0, 0.05) is 45.4 Å². The number of nitrogens with zero attached hydrogens (tertiary/aromatic N) is 2. The molecule has 0 aliphatic rings. The third-order valence-electron chi connectivity index (χ3n) is 4.49. The first-order valence-electron chi connectivity index (χ1n) is 8.92. The van der Waals surface area contributed by atoms with Gasteiger partial charge in [0.05, 0.1) is 7.11 Å². The number of benzene rings is 2. The Morgan fingerprint density at radius 2 is 1.86 bits per heavy atom. The smallest absolute Gasteiger partial charge is 0.168 e. The van der Waals surface area contributed by atoms with E-state index in [0.717, 1.165) is 27.5 Å². The molecule has 0 aliphatic carbocycles. The molecule has 0 bridgehead atoms. The number of hydrogen-bond acceptors (Lipinski definition) is 4. The van der Waals surface area contributed by atoms with E-state index in [9.17, 15) is 8.78 Å². The van der Waals surface area contributed by atoms with Crippen molar-refractivity contribution in [3.05, 3.63) is 66.5 Å². The minimum Gasteiger partial charge on any atom is -0.493 e. The molecule has 0 unspecified atom stereocenters. The van der Waals surface area contributed by atoms with Crippen LogP contribution < -0.4 is 4.74 Å². The van der Waals surface area contributed by atoms with Crippen molar-refractivity contribution in [2.24, 2.45) is 0 Å². The molecule has 29 heavy (non-hydrogen) atoms. The molecule has 148 valence electrons. The lowest BCUT2D eigenvalue weighted by atomic mass is 10.0.